The second-order valence-electron chi connectivity index (χ2n) is 6.59. The molecule has 0 N–H and O–H groups in total. The van der Waals surface area contributed by atoms with Gasteiger partial charge in [0.05, 0.1) is 19.1 Å². The lowest BCUT2D eigenvalue weighted by atomic mass is 9.98. The first-order valence-electron chi connectivity index (χ1n) is 9.50. The van der Waals surface area contributed by atoms with Gasteiger partial charge in [0, 0.05) is 37.4 Å². The van der Waals surface area contributed by atoms with Gasteiger partial charge >= 0.3 is 5.97 Å². The smallest absolute Gasteiger partial charge is 0.309 e. The Bertz CT molecular complexity index is 724. The maximum Gasteiger partial charge on any atom is 0.309 e. The Morgan fingerprint density at radius 2 is 2.07 bits per heavy atom. The molecule has 0 fully saturated rings. The predicted molar refractivity (Wildman–Crippen MR) is 107 cm³/mol. The number of imidazole rings is 1. The van der Waals surface area contributed by atoms with E-state index >= 15 is 0 Å². The lowest BCUT2D eigenvalue weighted by Gasteiger charge is -2.25. The summed E-state index contributed by atoms with van der Waals surface area (Å²) in [6.07, 6.45) is 4.32. The van der Waals surface area contributed by atoms with Gasteiger partial charge < -0.3 is 14.0 Å². The van der Waals surface area contributed by atoms with Crippen molar-refractivity contribution in [3.8, 4) is 0 Å². The van der Waals surface area contributed by atoms with E-state index in [2.05, 4.69) is 35.2 Å². The van der Waals surface area contributed by atoms with Crippen molar-refractivity contribution in [1.29, 1.82) is 0 Å². The average Bonchev–Trinajstić information content (AvgIpc) is 3.02. The van der Waals surface area contributed by atoms with Crippen molar-refractivity contribution in [1.82, 2.24) is 9.55 Å². The fourth-order valence-electron chi connectivity index (χ4n) is 3.17. The predicted octanol–water partition coefficient (Wildman–Crippen LogP) is 4.26. The second kappa shape index (κ2) is 10.7. The van der Waals surface area contributed by atoms with Crippen LogP contribution in [-0.4, -0.2) is 34.8 Å². The number of benzene rings is 1. The van der Waals surface area contributed by atoms with Crippen LogP contribution in [0.5, 0.6) is 0 Å². The average molecular weight is 370 g/mol. The summed E-state index contributed by atoms with van der Waals surface area (Å²) >= 11 is 0. The molecule has 0 aliphatic heterocycles. The van der Waals surface area contributed by atoms with E-state index in [1.54, 1.807) is 6.08 Å². The van der Waals surface area contributed by atoms with Gasteiger partial charge in [-0.3, -0.25) is 4.79 Å². The van der Waals surface area contributed by atoms with Crippen molar-refractivity contribution in [3.05, 3.63) is 66.3 Å². The van der Waals surface area contributed by atoms with Crippen LogP contribution in [0.2, 0.25) is 0 Å². The first-order chi connectivity index (χ1) is 13.1. The molecule has 1 aromatic heterocycles. The van der Waals surface area contributed by atoms with Crippen LogP contribution in [0.25, 0.3) is 0 Å². The Labute approximate surface area is 162 Å². The molecule has 0 amide bonds. The molecule has 2 atom stereocenters. The SMILES string of the molecule is C=CCC(=O)OCCC(OCC)C(C)c1cnc(C)n1Cc1ccccc1. The molecule has 0 spiro atoms. The minimum absolute atomic E-state index is 0.0443. The van der Waals surface area contributed by atoms with Crippen LogP contribution in [0.15, 0.2) is 49.2 Å². The van der Waals surface area contributed by atoms with Gasteiger partial charge in [0.15, 0.2) is 0 Å². The van der Waals surface area contributed by atoms with E-state index < -0.39 is 0 Å². The minimum atomic E-state index is -0.252. The number of rotatable bonds is 11. The normalized spacial score (nSPS) is 13.1. The van der Waals surface area contributed by atoms with E-state index in [0.717, 1.165) is 18.1 Å². The summed E-state index contributed by atoms with van der Waals surface area (Å²) in [7, 11) is 0. The number of aryl methyl sites for hydroxylation is 1. The van der Waals surface area contributed by atoms with Crippen LogP contribution < -0.4 is 0 Å². The van der Waals surface area contributed by atoms with Crippen molar-refractivity contribution in [2.24, 2.45) is 0 Å². The Hall–Kier alpha value is -2.40. The fourth-order valence-corrected chi connectivity index (χ4v) is 3.17. The molecule has 27 heavy (non-hydrogen) atoms. The van der Waals surface area contributed by atoms with Gasteiger partial charge in [-0.05, 0) is 19.4 Å². The Morgan fingerprint density at radius 1 is 1.33 bits per heavy atom. The first kappa shape index (κ1) is 20.9. The molecule has 5 nitrogen and oxygen atoms in total. The summed E-state index contributed by atoms with van der Waals surface area (Å²) in [4.78, 5) is 16.1. The topological polar surface area (TPSA) is 53.4 Å². The van der Waals surface area contributed by atoms with Crippen LogP contribution in [-0.2, 0) is 20.8 Å². The van der Waals surface area contributed by atoms with E-state index in [9.17, 15) is 4.79 Å². The Kier molecular flexibility index (Phi) is 8.27. The number of esters is 1. The third kappa shape index (κ3) is 6.07. The highest BCUT2D eigenvalue weighted by Crippen LogP contribution is 2.26. The highest BCUT2D eigenvalue weighted by Gasteiger charge is 2.24. The van der Waals surface area contributed by atoms with Crippen molar-refractivity contribution in [2.45, 2.75) is 52.2 Å². The summed E-state index contributed by atoms with van der Waals surface area (Å²) in [5.41, 5.74) is 2.37. The van der Waals surface area contributed by atoms with E-state index in [-0.39, 0.29) is 24.4 Å². The third-order valence-corrected chi connectivity index (χ3v) is 4.65. The number of hydrogen-bond donors (Lipinski definition) is 0. The number of nitrogens with zero attached hydrogens (tertiary/aromatic N) is 2. The van der Waals surface area contributed by atoms with Crippen LogP contribution in [0.3, 0.4) is 0 Å². The molecule has 2 rings (SSSR count). The minimum Gasteiger partial charge on any atom is -0.465 e. The Balaban J connectivity index is 2.09. The molecule has 146 valence electrons. The van der Waals surface area contributed by atoms with Crippen molar-refractivity contribution in [3.63, 3.8) is 0 Å². The standard InChI is InChI=1S/C22H30N2O3/c1-5-10-22(25)27-14-13-21(26-6-2)17(3)20-15-23-18(4)24(20)16-19-11-8-7-9-12-19/h5,7-9,11-12,15,17,21H,1,6,10,13-14,16H2,2-4H3. The van der Waals surface area contributed by atoms with Gasteiger partial charge in [0.2, 0.25) is 0 Å². The molecule has 1 heterocycles. The largest absolute Gasteiger partial charge is 0.465 e. The molecule has 0 saturated carbocycles. The van der Waals surface area contributed by atoms with Gasteiger partial charge in [-0.2, -0.15) is 0 Å². The van der Waals surface area contributed by atoms with Gasteiger partial charge in [-0.1, -0.05) is 43.3 Å². The molecule has 0 radical (unpaired) electrons. The van der Waals surface area contributed by atoms with Crippen molar-refractivity contribution < 1.29 is 14.3 Å². The molecule has 1 aromatic carbocycles. The van der Waals surface area contributed by atoms with Gasteiger partial charge in [0.25, 0.3) is 0 Å². The highest BCUT2D eigenvalue weighted by atomic mass is 16.5. The Morgan fingerprint density at radius 3 is 2.74 bits per heavy atom. The molecule has 5 heteroatoms. The first-order valence-corrected chi connectivity index (χ1v) is 9.50. The molecule has 0 saturated heterocycles. The highest BCUT2D eigenvalue weighted by molar-refractivity contribution is 5.70. The zero-order valence-electron chi connectivity index (χ0n) is 16.6. The van der Waals surface area contributed by atoms with Crippen molar-refractivity contribution >= 4 is 5.97 Å². The molecule has 0 bridgehead atoms. The van der Waals surface area contributed by atoms with Crippen LogP contribution in [0.1, 0.15) is 49.7 Å². The fraction of sp³-hybridized carbons (Fsp3) is 0.455. The summed E-state index contributed by atoms with van der Waals surface area (Å²) in [5.74, 6) is 0.860. The van der Waals surface area contributed by atoms with Crippen LogP contribution in [0.4, 0.5) is 0 Å². The molecule has 0 aliphatic rings. The summed E-state index contributed by atoms with van der Waals surface area (Å²) < 4.78 is 13.5. The van der Waals surface area contributed by atoms with E-state index in [0.29, 0.717) is 19.6 Å². The summed E-state index contributed by atoms with van der Waals surface area (Å²) in [5, 5.41) is 0. The second-order valence-corrected chi connectivity index (χ2v) is 6.59. The number of hydrogen-bond acceptors (Lipinski definition) is 4. The van der Waals surface area contributed by atoms with Gasteiger partial charge in [-0.25, -0.2) is 4.98 Å². The molecular formula is C22H30N2O3. The van der Waals surface area contributed by atoms with Gasteiger partial charge in [0.1, 0.15) is 5.82 Å². The molecule has 2 aromatic rings. The zero-order valence-corrected chi connectivity index (χ0v) is 16.6. The van der Waals surface area contributed by atoms with E-state index in [4.69, 9.17) is 9.47 Å². The number of carbonyl (C=O) groups excluding carboxylic acids is 1. The zero-order chi connectivity index (χ0) is 19.6. The van der Waals surface area contributed by atoms with Crippen molar-refractivity contribution in [2.75, 3.05) is 13.2 Å². The van der Waals surface area contributed by atoms with Crippen LogP contribution >= 0.6 is 0 Å². The molecule has 2 unspecified atom stereocenters. The number of ether oxygens (including phenoxy) is 2. The van der Waals surface area contributed by atoms with E-state index in [1.165, 1.54) is 5.56 Å². The van der Waals surface area contributed by atoms with E-state index in [1.807, 2.05) is 38.2 Å². The molecule has 0 aliphatic carbocycles. The van der Waals surface area contributed by atoms with Gasteiger partial charge in [-0.15, -0.1) is 6.58 Å². The maximum absolute atomic E-state index is 11.5. The maximum atomic E-state index is 11.5. The summed E-state index contributed by atoms with van der Waals surface area (Å²) in [6, 6.07) is 10.4. The molecular weight excluding hydrogens is 340 g/mol. The number of carbonyl (C=O) groups is 1. The number of aromatic nitrogens is 2. The lowest BCUT2D eigenvalue weighted by molar-refractivity contribution is -0.143. The lowest BCUT2D eigenvalue weighted by Crippen LogP contribution is -2.25. The van der Waals surface area contributed by atoms with Crippen LogP contribution in [0, 0.1) is 6.92 Å². The summed E-state index contributed by atoms with van der Waals surface area (Å²) in [6.45, 7) is 11.4. The monoisotopic (exact) mass is 370 g/mol. The third-order valence-electron chi connectivity index (χ3n) is 4.65. The quantitative estimate of drug-likeness (QED) is 0.438.